The highest BCUT2D eigenvalue weighted by molar-refractivity contribution is 5.94. The second kappa shape index (κ2) is 10.9. The van der Waals surface area contributed by atoms with Crippen molar-refractivity contribution in [2.24, 2.45) is 5.41 Å². The summed E-state index contributed by atoms with van der Waals surface area (Å²) in [6, 6.07) is 16.9. The molecule has 0 atom stereocenters. The molecule has 0 spiro atoms. The van der Waals surface area contributed by atoms with Gasteiger partial charge in [0.25, 0.3) is 5.91 Å². The molecule has 6 heteroatoms. The Morgan fingerprint density at radius 3 is 2.42 bits per heavy atom. The Morgan fingerprint density at radius 1 is 1.10 bits per heavy atom. The second-order valence-corrected chi connectivity index (χ2v) is 7.98. The molecule has 31 heavy (non-hydrogen) atoms. The standard InChI is InChI=1S/C25H29NO5/c1-26(17-21-5-3-2-4-6-21)24(29)22-10-7-20(8-11-22)9-12-23(28)31-19-25(18-27)13-15-30-16-14-25/h2-12,27H,13-19H2,1H3/b12-9+. The summed E-state index contributed by atoms with van der Waals surface area (Å²) < 4.78 is 10.7. The van der Waals surface area contributed by atoms with E-state index < -0.39 is 11.4 Å². The van der Waals surface area contributed by atoms with Crippen LogP contribution in [0.4, 0.5) is 0 Å². The molecular formula is C25H29NO5. The van der Waals surface area contributed by atoms with Crippen molar-refractivity contribution in [3.63, 3.8) is 0 Å². The highest BCUT2D eigenvalue weighted by Gasteiger charge is 2.33. The molecule has 0 radical (unpaired) electrons. The molecule has 1 aliphatic rings. The highest BCUT2D eigenvalue weighted by atomic mass is 16.5. The lowest BCUT2D eigenvalue weighted by atomic mass is 9.82. The molecule has 1 heterocycles. The molecule has 2 aromatic carbocycles. The predicted molar refractivity (Wildman–Crippen MR) is 118 cm³/mol. The van der Waals surface area contributed by atoms with Crippen molar-refractivity contribution in [1.82, 2.24) is 4.90 Å². The molecule has 0 aliphatic carbocycles. The van der Waals surface area contributed by atoms with Crippen LogP contribution in [0.3, 0.4) is 0 Å². The number of rotatable bonds is 8. The maximum Gasteiger partial charge on any atom is 0.330 e. The number of benzene rings is 2. The summed E-state index contributed by atoms with van der Waals surface area (Å²) in [5, 5.41) is 9.66. The van der Waals surface area contributed by atoms with E-state index in [1.54, 1.807) is 42.3 Å². The minimum absolute atomic E-state index is 0.0262. The van der Waals surface area contributed by atoms with Crippen LogP contribution in [0, 0.1) is 5.41 Å². The van der Waals surface area contributed by atoms with Crippen molar-refractivity contribution < 1.29 is 24.2 Å². The Labute approximate surface area is 183 Å². The first-order valence-electron chi connectivity index (χ1n) is 10.4. The lowest BCUT2D eigenvalue weighted by Gasteiger charge is -2.34. The molecule has 1 saturated heterocycles. The summed E-state index contributed by atoms with van der Waals surface area (Å²) in [6.07, 6.45) is 4.37. The van der Waals surface area contributed by atoms with Crippen molar-refractivity contribution in [1.29, 1.82) is 0 Å². The molecule has 0 unspecified atom stereocenters. The van der Waals surface area contributed by atoms with Crippen LogP contribution in [0.2, 0.25) is 0 Å². The monoisotopic (exact) mass is 423 g/mol. The first-order chi connectivity index (χ1) is 15.0. The van der Waals surface area contributed by atoms with E-state index in [1.165, 1.54) is 6.08 Å². The number of ether oxygens (including phenoxy) is 2. The van der Waals surface area contributed by atoms with Crippen LogP contribution in [0.1, 0.15) is 34.3 Å². The van der Waals surface area contributed by atoms with Gasteiger partial charge in [-0.25, -0.2) is 4.79 Å². The zero-order valence-corrected chi connectivity index (χ0v) is 17.8. The van der Waals surface area contributed by atoms with E-state index in [9.17, 15) is 14.7 Å². The fourth-order valence-corrected chi connectivity index (χ4v) is 3.48. The molecule has 1 aliphatic heterocycles. The van der Waals surface area contributed by atoms with Gasteiger partial charge in [-0.3, -0.25) is 4.79 Å². The van der Waals surface area contributed by atoms with Gasteiger partial charge < -0.3 is 19.5 Å². The zero-order chi connectivity index (χ0) is 22.1. The van der Waals surface area contributed by atoms with Crippen molar-refractivity contribution in [3.05, 3.63) is 77.4 Å². The molecule has 0 saturated carbocycles. The van der Waals surface area contributed by atoms with Gasteiger partial charge in [0.15, 0.2) is 0 Å². The van der Waals surface area contributed by atoms with Gasteiger partial charge in [0.2, 0.25) is 0 Å². The van der Waals surface area contributed by atoms with E-state index in [2.05, 4.69) is 0 Å². The summed E-state index contributed by atoms with van der Waals surface area (Å²) in [7, 11) is 1.77. The molecule has 0 aromatic heterocycles. The number of aliphatic hydroxyl groups excluding tert-OH is 1. The van der Waals surface area contributed by atoms with Crippen molar-refractivity contribution >= 4 is 18.0 Å². The van der Waals surface area contributed by atoms with E-state index in [1.807, 2.05) is 30.3 Å². The van der Waals surface area contributed by atoms with Gasteiger partial charge in [-0.1, -0.05) is 42.5 Å². The van der Waals surface area contributed by atoms with Crippen LogP contribution in [0.15, 0.2) is 60.7 Å². The van der Waals surface area contributed by atoms with Crippen LogP contribution in [-0.4, -0.2) is 55.4 Å². The third-order valence-electron chi connectivity index (χ3n) is 5.59. The quantitative estimate of drug-likeness (QED) is 0.521. The van der Waals surface area contributed by atoms with Gasteiger partial charge in [0, 0.05) is 43.9 Å². The topological polar surface area (TPSA) is 76.1 Å². The van der Waals surface area contributed by atoms with Crippen molar-refractivity contribution in [2.75, 3.05) is 33.5 Å². The Kier molecular flexibility index (Phi) is 7.98. The summed E-state index contributed by atoms with van der Waals surface area (Å²) in [5.41, 5.74) is 2.04. The second-order valence-electron chi connectivity index (χ2n) is 7.98. The molecule has 0 bridgehead atoms. The zero-order valence-electron chi connectivity index (χ0n) is 17.8. The Balaban J connectivity index is 1.51. The largest absolute Gasteiger partial charge is 0.462 e. The van der Waals surface area contributed by atoms with E-state index >= 15 is 0 Å². The van der Waals surface area contributed by atoms with Crippen molar-refractivity contribution in [2.45, 2.75) is 19.4 Å². The summed E-state index contributed by atoms with van der Waals surface area (Å²) in [5.74, 6) is -0.522. The number of hydrogen-bond acceptors (Lipinski definition) is 5. The van der Waals surface area contributed by atoms with Crippen molar-refractivity contribution in [3.8, 4) is 0 Å². The number of amides is 1. The number of carbonyl (C=O) groups excluding carboxylic acids is 2. The molecule has 3 rings (SSSR count). The first-order valence-corrected chi connectivity index (χ1v) is 10.4. The summed E-state index contributed by atoms with van der Waals surface area (Å²) in [4.78, 5) is 26.4. The molecule has 164 valence electrons. The van der Waals surface area contributed by atoms with Gasteiger partial charge >= 0.3 is 5.97 Å². The predicted octanol–water partition coefficient (Wildman–Crippen LogP) is 3.30. The number of hydrogen-bond donors (Lipinski definition) is 1. The summed E-state index contributed by atoms with van der Waals surface area (Å²) in [6.45, 7) is 1.83. The molecule has 1 amide bonds. The van der Waals surface area contributed by atoms with E-state index in [-0.39, 0.29) is 19.1 Å². The lowest BCUT2D eigenvalue weighted by molar-refractivity contribution is -0.145. The number of esters is 1. The number of carbonyl (C=O) groups is 2. The van der Waals surface area contributed by atoms with Crippen LogP contribution in [0.25, 0.3) is 6.08 Å². The lowest BCUT2D eigenvalue weighted by Crippen LogP contribution is -2.37. The maximum absolute atomic E-state index is 12.6. The fourth-order valence-electron chi connectivity index (χ4n) is 3.48. The van der Waals surface area contributed by atoms with E-state index in [0.717, 1.165) is 11.1 Å². The maximum atomic E-state index is 12.6. The van der Waals surface area contributed by atoms with Crippen LogP contribution >= 0.6 is 0 Å². The smallest absolute Gasteiger partial charge is 0.330 e. The third-order valence-corrected chi connectivity index (χ3v) is 5.59. The number of aliphatic hydroxyl groups is 1. The van der Waals surface area contributed by atoms with Crippen LogP contribution in [-0.2, 0) is 20.8 Å². The van der Waals surface area contributed by atoms with Gasteiger partial charge in [-0.05, 0) is 42.2 Å². The first kappa shape index (κ1) is 22.7. The molecule has 1 N–H and O–H groups in total. The minimum atomic E-state index is -0.456. The third kappa shape index (κ3) is 6.51. The van der Waals surface area contributed by atoms with Gasteiger partial charge in [0.05, 0.1) is 13.2 Å². The van der Waals surface area contributed by atoms with Gasteiger partial charge in [-0.2, -0.15) is 0 Å². The molecule has 6 nitrogen and oxygen atoms in total. The SMILES string of the molecule is CN(Cc1ccccc1)C(=O)c1ccc(/C=C/C(=O)OCC2(CO)CCOCC2)cc1. The Hall–Kier alpha value is -2.96. The minimum Gasteiger partial charge on any atom is -0.462 e. The van der Waals surface area contributed by atoms with E-state index in [4.69, 9.17) is 9.47 Å². The highest BCUT2D eigenvalue weighted by Crippen LogP contribution is 2.30. The molecular weight excluding hydrogens is 394 g/mol. The average Bonchev–Trinajstić information content (AvgIpc) is 2.82. The van der Waals surface area contributed by atoms with Crippen LogP contribution in [0.5, 0.6) is 0 Å². The Morgan fingerprint density at radius 2 is 1.77 bits per heavy atom. The summed E-state index contributed by atoms with van der Waals surface area (Å²) >= 11 is 0. The van der Waals surface area contributed by atoms with Gasteiger partial charge in [-0.15, -0.1) is 0 Å². The normalized spacial score (nSPS) is 15.5. The molecule has 1 fully saturated rings. The van der Waals surface area contributed by atoms with E-state index in [0.29, 0.717) is 38.2 Å². The molecule has 2 aromatic rings. The number of nitrogens with zero attached hydrogens (tertiary/aromatic N) is 1. The van der Waals surface area contributed by atoms with Gasteiger partial charge in [0.1, 0.15) is 0 Å². The fraction of sp³-hybridized carbons (Fsp3) is 0.360. The average molecular weight is 424 g/mol. The Bertz CT molecular complexity index is 886. The van der Waals surface area contributed by atoms with Crippen LogP contribution < -0.4 is 0 Å².